The molecule has 2 heterocycles. The van der Waals surface area contributed by atoms with Gasteiger partial charge in [-0.05, 0) is 0 Å². The maximum atomic E-state index is 8.74. The first-order valence-corrected chi connectivity index (χ1v) is 4.87. The van der Waals surface area contributed by atoms with Crippen LogP contribution in [0.5, 0.6) is 0 Å². The molecular formula is C5H8ClN5O4S. The summed E-state index contributed by atoms with van der Waals surface area (Å²) in [6.07, 6.45) is 2.94. The van der Waals surface area contributed by atoms with Crippen LogP contribution >= 0.6 is 12.4 Å². The number of anilines is 1. The van der Waals surface area contributed by atoms with Crippen LogP contribution in [-0.2, 0) is 10.4 Å². The van der Waals surface area contributed by atoms with Crippen LogP contribution in [0.1, 0.15) is 0 Å². The van der Waals surface area contributed by atoms with Crippen molar-refractivity contribution in [1.29, 1.82) is 0 Å². The number of fused-ring (bicyclic) bond motifs is 1. The third-order valence-electron chi connectivity index (χ3n) is 1.25. The van der Waals surface area contributed by atoms with Gasteiger partial charge in [-0.1, -0.05) is 0 Å². The number of hydrogen-bond acceptors (Lipinski definition) is 6. The molecule has 0 atom stereocenters. The molecular weight excluding hydrogens is 262 g/mol. The Morgan fingerprint density at radius 1 is 1.25 bits per heavy atom. The van der Waals surface area contributed by atoms with Gasteiger partial charge in [-0.25, -0.2) is 15.0 Å². The molecule has 5 N–H and O–H groups in total. The molecule has 11 heteroatoms. The molecule has 0 aliphatic carbocycles. The number of aromatic amines is 1. The number of halogens is 1. The molecule has 0 fully saturated rings. The molecule has 0 unspecified atom stereocenters. The van der Waals surface area contributed by atoms with Crippen molar-refractivity contribution in [3.8, 4) is 0 Å². The highest BCUT2D eigenvalue weighted by Gasteiger charge is 1.99. The molecule has 90 valence electrons. The van der Waals surface area contributed by atoms with Gasteiger partial charge in [0.25, 0.3) is 0 Å². The van der Waals surface area contributed by atoms with E-state index in [4.69, 9.17) is 23.3 Å². The molecule has 0 saturated heterocycles. The van der Waals surface area contributed by atoms with Gasteiger partial charge in [-0.15, -0.1) is 12.4 Å². The largest absolute Gasteiger partial charge is 0.394 e. The molecule has 0 aromatic carbocycles. The predicted molar refractivity (Wildman–Crippen MR) is 57.5 cm³/mol. The maximum absolute atomic E-state index is 8.74. The Hall–Kier alpha value is -1.49. The summed E-state index contributed by atoms with van der Waals surface area (Å²) in [7, 11) is -4.67. The lowest BCUT2D eigenvalue weighted by molar-refractivity contribution is 0.381. The fourth-order valence-corrected chi connectivity index (χ4v) is 0.783. The van der Waals surface area contributed by atoms with Gasteiger partial charge >= 0.3 is 10.4 Å². The number of imidazole rings is 1. The quantitative estimate of drug-likeness (QED) is 0.475. The number of aromatic nitrogens is 4. The maximum Gasteiger partial charge on any atom is 0.394 e. The lowest BCUT2D eigenvalue weighted by Crippen LogP contribution is -1.91. The Labute approximate surface area is 96.1 Å². The van der Waals surface area contributed by atoms with Crippen molar-refractivity contribution >= 4 is 39.8 Å². The van der Waals surface area contributed by atoms with Crippen molar-refractivity contribution in [3.05, 3.63) is 12.7 Å². The third-order valence-corrected chi connectivity index (χ3v) is 1.25. The number of nitrogen functional groups attached to an aromatic ring is 1. The smallest absolute Gasteiger partial charge is 0.382 e. The minimum atomic E-state index is -4.67. The van der Waals surface area contributed by atoms with E-state index in [0.29, 0.717) is 17.0 Å². The minimum Gasteiger partial charge on any atom is -0.382 e. The molecule has 2 rings (SSSR count). The number of rotatable bonds is 0. The first-order valence-electron chi connectivity index (χ1n) is 3.47. The summed E-state index contributed by atoms with van der Waals surface area (Å²) in [4.78, 5) is 14.4. The van der Waals surface area contributed by atoms with E-state index in [1.165, 1.54) is 12.7 Å². The summed E-state index contributed by atoms with van der Waals surface area (Å²) in [6, 6.07) is 0. The normalized spacial score (nSPS) is 10.1. The van der Waals surface area contributed by atoms with Gasteiger partial charge in [0.05, 0.1) is 6.33 Å². The average molecular weight is 270 g/mol. The van der Waals surface area contributed by atoms with Crippen molar-refractivity contribution in [1.82, 2.24) is 19.9 Å². The van der Waals surface area contributed by atoms with Crippen LogP contribution in [0.25, 0.3) is 11.2 Å². The zero-order chi connectivity index (χ0) is 11.5. The lowest BCUT2D eigenvalue weighted by atomic mass is 10.5. The highest BCUT2D eigenvalue weighted by atomic mass is 35.5. The first-order chi connectivity index (χ1) is 6.88. The van der Waals surface area contributed by atoms with Gasteiger partial charge in [-0.2, -0.15) is 8.42 Å². The number of nitrogens with two attached hydrogens (primary N) is 1. The summed E-state index contributed by atoms with van der Waals surface area (Å²) in [5.74, 6) is 0.409. The first kappa shape index (κ1) is 14.5. The zero-order valence-electron chi connectivity index (χ0n) is 7.60. The van der Waals surface area contributed by atoms with Crippen LogP contribution in [0.4, 0.5) is 5.82 Å². The molecule has 2 aromatic rings. The second-order valence-corrected chi connectivity index (χ2v) is 3.20. The summed E-state index contributed by atoms with van der Waals surface area (Å²) in [5, 5.41) is 0. The summed E-state index contributed by atoms with van der Waals surface area (Å²) in [6.45, 7) is 0. The monoisotopic (exact) mass is 269 g/mol. The molecule has 0 radical (unpaired) electrons. The van der Waals surface area contributed by atoms with E-state index in [2.05, 4.69) is 19.9 Å². The lowest BCUT2D eigenvalue weighted by Gasteiger charge is -1.88. The minimum absolute atomic E-state index is 0. The van der Waals surface area contributed by atoms with E-state index >= 15 is 0 Å². The van der Waals surface area contributed by atoms with Gasteiger partial charge in [0.15, 0.2) is 11.5 Å². The molecule has 0 bridgehead atoms. The molecule has 16 heavy (non-hydrogen) atoms. The Bertz CT molecular complexity index is 547. The molecule has 0 amide bonds. The average Bonchev–Trinajstić information content (AvgIpc) is 2.49. The Morgan fingerprint density at radius 2 is 1.81 bits per heavy atom. The third kappa shape index (κ3) is 4.84. The summed E-state index contributed by atoms with van der Waals surface area (Å²) < 4.78 is 31.6. The SMILES string of the molecule is Cl.Nc1ncnc2[nH]cnc12.O=S(=O)(O)O. The Morgan fingerprint density at radius 3 is 2.31 bits per heavy atom. The molecule has 2 aromatic heterocycles. The molecule has 0 spiro atoms. The second-order valence-electron chi connectivity index (χ2n) is 2.31. The standard InChI is InChI=1S/C5H5N5.ClH.H2O4S/c6-4-3-5(9-1-7-3)10-2-8-4;;1-5(2,3)4/h1-2H,(H3,6,7,8,9,10);1H;(H2,1,2,3,4). The van der Waals surface area contributed by atoms with Crippen molar-refractivity contribution in [2.45, 2.75) is 0 Å². The highest BCUT2D eigenvalue weighted by Crippen LogP contribution is 2.09. The van der Waals surface area contributed by atoms with Gasteiger partial charge in [0.2, 0.25) is 0 Å². The number of H-pyrrole nitrogens is 1. The summed E-state index contributed by atoms with van der Waals surface area (Å²) >= 11 is 0. The van der Waals surface area contributed by atoms with Crippen LogP contribution in [0.2, 0.25) is 0 Å². The Balaban J connectivity index is 0.000000330. The van der Waals surface area contributed by atoms with Crippen LogP contribution in [0, 0.1) is 0 Å². The van der Waals surface area contributed by atoms with Gasteiger partial charge in [0.1, 0.15) is 11.8 Å². The number of nitrogens with one attached hydrogen (secondary N) is 1. The Kier molecular flexibility index (Phi) is 5.04. The van der Waals surface area contributed by atoms with Crippen LogP contribution in [0.3, 0.4) is 0 Å². The second kappa shape index (κ2) is 5.55. The number of nitrogens with zero attached hydrogens (tertiary/aromatic N) is 3. The van der Waals surface area contributed by atoms with Crippen molar-refractivity contribution < 1.29 is 17.5 Å². The van der Waals surface area contributed by atoms with Crippen molar-refractivity contribution in [2.24, 2.45) is 0 Å². The molecule has 0 aliphatic rings. The van der Waals surface area contributed by atoms with Gasteiger partial charge < -0.3 is 10.7 Å². The van der Waals surface area contributed by atoms with E-state index < -0.39 is 10.4 Å². The van der Waals surface area contributed by atoms with Crippen LogP contribution < -0.4 is 5.73 Å². The topological polar surface area (TPSA) is 155 Å². The van der Waals surface area contributed by atoms with Gasteiger partial charge in [0, 0.05) is 0 Å². The van der Waals surface area contributed by atoms with E-state index in [1.54, 1.807) is 0 Å². The molecule has 0 saturated carbocycles. The highest BCUT2D eigenvalue weighted by molar-refractivity contribution is 7.79. The molecule has 9 nitrogen and oxygen atoms in total. The van der Waals surface area contributed by atoms with Crippen LogP contribution in [-0.4, -0.2) is 37.5 Å². The predicted octanol–water partition coefficient (Wildman–Crippen LogP) is -0.296. The van der Waals surface area contributed by atoms with Crippen molar-refractivity contribution in [2.75, 3.05) is 5.73 Å². The zero-order valence-corrected chi connectivity index (χ0v) is 9.23. The van der Waals surface area contributed by atoms with E-state index in [1.807, 2.05) is 0 Å². The van der Waals surface area contributed by atoms with E-state index in [0.717, 1.165) is 0 Å². The summed E-state index contributed by atoms with van der Waals surface area (Å²) in [5.41, 5.74) is 6.77. The van der Waals surface area contributed by atoms with E-state index in [9.17, 15) is 0 Å². The molecule has 0 aliphatic heterocycles. The van der Waals surface area contributed by atoms with Crippen molar-refractivity contribution in [3.63, 3.8) is 0 Å². The fourth-order valence-electron chi connectivity index (χ4n) is 0.783. The number of hydrogen-bond donors (Lipinski definition) is 4. The van der Waals surface area contributed by atoms with Crippen LogP contribution in [0.15, 0.2) is 12.7 Å². The fraction of sp³-hybridized carbons (Fsp3) is 0. The van der Waals surface area contributed by atoms with E-state index in [-0.39, 0.29) is 12.4 Å². The van der Waals surface area contributed by atoms with Gasteiger partial charge in [-0.3, -0.25) is 9.11 Å².